The summed E-state index contributed by atoms with van der Waals surface area (Å²) >= 11 is 3.59. The summed E-state index contributed by atoms with van der Waals surface area (Å²) in [4.78, 5) is 0. The molecule has 1 aromatic heterocycles. The highest BCUT2D eigenvalue weighted by Crippen LogP contribution is 2.45. The average Bonchev–Trinajstić information content (AvgIpc) is 2.69. The van der Waals surface area contributed by atoms with E-state index in [2.05, 4.69) is 21.0 Å². The Bertz CT molecular complexity index is 632. The van der Waals surface area contributed by atoms with Crippen molar-refractivity contribution in [3.8, 4) is 22.8 Å². The summed E-state index contributed by atoms with van der Waals surface area (Å²) in [6, 6.07) is 3.82. The molecule has 19 heavy (non-hydrogen) atoms. The Morgan fingerprint density at radius 3 is 2.74 bits per heavy atom. The molecule has 1 aromatic carbocycles. The van der Waals surface area contributed by atoms with E-state index >= 15 is 0 Å². The number of halogens is 1. The Balaban J connectivity index is 2.21. The summed E-state index contributed by atoms with van der Waals surface area (Å²) in [5.41, 5.74) is 8.71. The lowest BCUT2D eigenvalue weighted by Crippen LogP contribution is -2.16. The smallest absolute Gasteiger partial charge is 0.176 e. The van der Waals surface area contributed by atoms with Crippen LogP contribution in [0.2, 0.25) is 0 Å². The van der Waals surface area contributed by atoms with Crippen molar-refractivity contribution in [3.63, 3.8) is 0 Å². The second-order valence-corrected chi connectivity index (χ2v) is 5.28. The van der Waals surface area contributed by atoms with Gasteiger partial charge in [-0.1, -0.05) is 0 Å². The highest BCUT2D eigenvalue weighted by Gasteiger charge is 2.22. The van der Waals surface area contributed by atoms with Crippen LogP contribution in [0.5, 0.6) is 11.5 Å². The number of aromatic nitrogens is 2. The van der Waals surface area contributed by atoms with Crippen molar-refractivity contribution in [2.24, 2.45) is 7.05 Å². The number of aryl methyl sites for hydroxylation is 2. The SMILES string of the molecule is Cc1cc2c(c(Br)c1-c1cc(N)n(C)n1)OCCO2. The van der Waals surface area contributed by atoms with E-state index in [0.29, 0.717) is 19.0 Å². The monoisotopic (exact) mass is 323 g/mol. The third-order valence-electron chi connectivity index (χ3n) is 3.14. The fourth-order valence-electron chi connectivity index (χ4n) is 2.18. The van der Waals surface area contributed by atoms with Crippen LogP contribution in [0.4, 0.5) is 5.82 Å². The molecule has 2 heterocycles. The van der Waals surface area contributed by atoms with Crippen molar-refractivity contribution in [1.82, 2.24) is 9.78 Å². The molecule has 2 aromatic rings. The summed E-state index contributed by atoms with van der Waals surface area (Å²) in [6.45, 7) is 3.15. The van der Waals surface area contributed by atoms with E-state index in [0.717, 1.165) is 32.8 Å². The van der Waals surface area contributed by atoms with Gasteiger partial charge in [0.15, 0.2) is 11.5 Å². The predicted molar refractivity (Wildman–Crippen MR) is 76.5 cm³/mol. The van der Waals surface area contributed by atoms with Gasteiger partial charge in [0.1, 0.15) is 19.0 Å². The lowest BCUT2D eigenvalue weighted by atomic mass is 10.0. The summed E-state index contributed by atoms with van der Waals surface area (Å²) in [5, 5.41) is 4.42. The molecule has 0 saturated carbocycles. The molecule has 0 aliphatic carbocycles. The van der Waals surface area contributed by atoms with Crippen molar-refractivity contribution in [1.29, 1.82) is 0 Å². The van der Waals surface area contributed by atoms with Gasteiger partial charge in [0.25, 0.3) is 0 Å². The van der Waals surface area contributed by atoms with Crippen LogP contribution in [0.1, 0.15) is 5.56 Å². The number of rotatable bonds is 1. The van der Waals surface area contributed by atoms with Crippen LogP contribution in [0.15, 0.2) is 16.6 Å². The molecule has 0 unspecified atom stereocenters. The summed E-state index contributed by atoms with van der Waals surface area (Å²) < 4.78 is 13.8. The number of hydrogen-bond donors (Lipinski definition) is 1. The lowest BCUT2D eigenvalue weighted by molar-refractivity contribution is 0.170. The molecular weight excluding hydrogens is 310 g/mol. The minimum Gasteiger partial charge on any atom is -0.486 e. The maximum Gasteiger partial charge on any atom is 0.176 e. The van der Waals surface area contributed by atoms with Crippen molar-refractivity contribution in [3.05, 3.63) is 22.2 Å². The van der Waals surface area contributed by atoms with Gasteiger partial charge < -0.3 is 15.2 Å². The summed E-state index contributed by atoms with van der Waals surface area (Å²) in [6.07, 6.45) is 0. The normalized spacial score (nSPS) is 13.6. The van der Waals surface area contributed by atoms with Gasteiger partial charge in [-0.15, -0.1) is 0 Å². The Hall–Kier alpha value is -1.69. The number of benzene rings is 1. The van der Waals surface area contributed by atoms with E-state index in [1.807, 2.05) is 26.1 Å². The van der Waals surface area contributed by atoms with Gasteiger partial charge in [0.2, 0.25) is 0 Å². The van der Waals surface area contributed by atoms with Crippen LogP contribution in [-0.4, -0.2) is 23.0 Å². The third kappa shape index (κ3) is 1.96. The minimum atomic E-state index is 0.554. The van der Waals surface area contributed by atoms with Gasteiger partial charge >= 0.3 is 0 Å². The quantitative estimate of drug-likeness (QED) is 0.875. The van der Waals surface area contributed by atoms with Crippen molar-refractivity contribution >= 4 is 21.7 Å². The second-order valence-electron chi connectivity index (χ2n) is 4.48. The zero-order valence-corrected chi connectivity index (χ0v) is 12.3. The molecule has 3 rings (SSSR count). The van der Waals surface area contributed by atoms with Crippen molar-refractivity contribution in [2.75, 3.05) is 18.9 Å². The largest absolute Gasteiger partial charge is 0.486 e. The highest BCUT2D eigenvalue weighted by atomic mass is 79.9. The molecule has 100 valence electrons. The van der Waals surface area contributed by atoms with Gasteiger partial charge in [0, 0.05) is 18.7 Å². The van der Waals surface area contributed by atoms with Crippen LogP contribution in [0, 0.1) is 6.92 Å². The Morgan fingerprint density at radius 1 is 1.32 bits per heavy atom. The van der Waals surface area contributed by atoms with Crippen LogP contribution in [0.25, 0.3) is 11.3 Å². The molecule has 0 bridgehead atoms. The van der Waals surface area contributed by atoms with Crippen molar-refractivity contribution in [2.45, 2.75) is 6.92 Å². The number of hydrogen-bond acceptors (Lipinski definition) is 4. The number of nitrogens with zero attached hydrogens (tertiary/aromatic N) is 2. The average molecular weight is 324 g/mol. The maximum absolute atomic E-state index is 5.85. The van der Waals surface area contributed by atoms with Crippen LogP contribution in [-0.2, 0) is 7.05 Å². The topological polar surface area (TPSA) is 62.3 Å². The van der Waals surface area contributed by atoms with Crippen LogP contribution >= 0.6 is 15.9 Å². The van der Waals surface area contributed by atoms with E-state index in [1.165, 1.54) is 0 Å². The number of fused-ring (bicyclic) bond motifs is 1. The molecular formula is C13H14BrN3O2. The van der Waals surface area contributed by atoms with E-state index in [4.69, 9.17) is 15.2 Å². The Morgan fingerprint density at radius 2 is 2.05 bits per heavy atom. The van der Waals surface area contributed by atoms with Crippen LogP contribution < -0.4 is 15.2 Å². The number of anilines is 1. The highest BCUT2D eigenvalue weighted by molar-refractivity contribution is 9.10. The van der Waals surface area contributed by atoms with Gasteiger partial charge in [0.05, 0.1) is 10.2 Å². The summed E-state index contributed by atoms with van der Waals surface area (Å²) in [7, 11) is 1.82. The first kappa shape index (κ1) is 12.3. The zero-order chi connectivity index (χ0) is 13.6. The van der Waals surface area contributed by atoms with E-state index in [9.17, 15) is 0 Å². The number of ether oxygens (including phenoxy) is 2. The van der Waals surface area contributed by atoms with Gasteiger partial charge in [-0.25, -0.2) is 0 Å². The second kappa shape index (κ2) is 4.45. The van der Waals surface area contributed by atoms with Crippen molar-refractivity contribution < 1.29 is 9.47 Å². The van der Waals surface area contributed by atoms with Gasteiger partial charge in [-0.05, 0) is 34.5 Å². The van der Waals surface area contributed by atoms with Gasteiger partial charge in [-0.2, -0.15) is 5.10 Å². The van der Waals surface area contributed by atoms with Gasteiger partial charge in [-0.3, -0.25) is 4.68 Å². The predicted octanol–water partition coefficient (Wildman–Crippen LogP) is 2.51. The Kier molecular flexibility index (Phi) is 2.89. The molecule has 6 heteroatoms. The zero-order valence-electron chi connectivity index (χ0n) is 10.7. The maximum atomic E-state index is 5.85. The molecule has 0 fully saturated rings. The molecule has 0 atom stereocenters. The molecule has 0 spiro atoms. The molecule has 1 aliphatic rings. The van der Waals surface area contributed by atoms with E-state index < -0.39 is 0 Å². The minimum absolute atomic E-state index is 0.554. The molecule has 0 saturated heterocycles. The first-order chi connectivity index (χ1) is 9.08. The fraction of sp³-hybridized carbons (Fsp3) is 0.308. The van der Waals surface area contributed by atoms with E-state index in [1.54, 1.807) is 4.68 Å². The number of nitrogens with two attached hydrogens (primary N) is 1. The molecule has 1 aliphatic heterocycles. The summed E-state index contributed by atoms with van der Waals surface area (Å²) in [5.74, 6) is 2.12. The molecule has 2 N–H and O–H groups in total. The van der Waals surface area contributed by atoms with Crippen LogP contribution in [0.3, 0.4) is 0 Å². The third-order valence-corrected chi connectivity index (χ3v) is 3.90. The molecule has 0 radical (unpaired) electrons. The molecule has 5 nitrogen and oxygen atoms in total. The Labute approximate surface area is 119 Å². The van der Waals surface area contributed by atoms with E-state index in [-0.39, 0.29) is 0 Å². The number of nitrogen functional groups attached to an aromatic ring is 1. The standard InChI is InChI=1S/C13H14BrN3O2/c1-7-5-9-13(19-4-3-18-9)12(14)11(7)8-6-10(15)17(2)16-8/h5-6H,3-4,15H2,1-2H3. The molecule has 0 amide bonds. The first-order valence-corrected chi connectivity index (χ1v) is 6.76. The fourth-order valence-corrected chi connectivity index (χ4v) is 3.01. The first-order valence-electron chi connectivity index (χ1n) is 5.96. The lowest BCUT2D eigenvalue weighted by Gasteiger charge is -2.22.